The van der Waals surface area contributed by atoms with Crippen LogP contribution in [0.4, 0.5) is 14.0 Å². The van der Waals surface area contributed by atoms with Gasteiger partial charge in [0.15, 0.2) is 0 Å². The van der Waals surface area contributed by atoms with Crippen LogP contribution in [0.5, 0.6) is 5.75 Å². The SMILES string of the molecule is CC(C)(C)OC(=O)N1CCC2(CC1)NC(=O)NCC2c1ccc(F)cc1O. The second-order valence-corrected chi connectivity index (χ2v) is 8.21. The minimum Gasteiger partial charge on any atom is -0.508 e. The average Bonchev–Trinajstić information content (AvgIpc) is 2.55. The fourth-order valence-corrected chi connectivity index (χ4v) is 3.85. The third kappa shape index (κ3) is 4.09. The number of aromatic hydroxyl groups is 1. The molecule has 1 aromatic carbocycles. The maximum absolute atomic E-state index is 13.4. The number of phenolic OH excluding ortho intramolecular Hbond substituents is 1. The maximum Gasteiger partial charge on any atom is 0.410 e. The molecule has 1 spiro atoms. The van der Waals surface area contributed by atoms with Gasteiger partial charge in [0.05, 0.1) is 5.54 Å². The monoisotopic (exact) mass is 379 g/mol. The minimum atomic E-state index is -0.615. The largest absolute Gasteiger partial charge is 0.508 e. The number of carbonyl (C=O) groups is 2. The van der Waals surface area contributed by atoms with Crippen LogP contribution in [0.1, 0.15) is 45.1 Å². The molecule has 148 valence electrons. The van der Waals surface area contributed by atoms with Crippen molar-refractivity contribution < 1.29 is 23.8 Å². The molecule has 1 unspecified atom stereocenters. The lowest BCUT2D eigenvalue weighted by Crippen LogP contribution is -2.66. The molecule has 2 aliphatic rings. The Labute approximate surface area is 157 Å². The summed E-state index contributed by atoms with van der Waals surface area (Å²) in [5.74, 6) is -0.888. The summed E-state index contributed by atoms with van der Waals surface area (Å²) in [5, 5.41) is 16.0. The third-order valence-electron chi connectivity index (χ3n) is 5.17. The predicted octanol–water partition coefficient (Wildman–Crippen LogP) is 2.70. The molecule has 0 aliphatic carbocycles. The maximum atomic E-state index is 13.4. The lowest BCUT2D eigenvalue weighted by molar-refractivity contribution is 0.0126. The molecule has 3 rings (SSSR count). The molecule has 0 saturated carbocycles. The van der Waals surface area contributed by atoms with Gasteiger partial charge in [-0.2, -0.15) is 0 Å². The average molecular weight is 379 g/mol. The lowest BCUT2D eigenvalue weighted by atomic mass is 9.71. The van der Waals surface area contributed by atoms with Gasteiger partial charge in [0, 0.05) is 37.2 Å². The standard InChI is InChI=1S/C19H26FN3O4/c1-18(2,3)27-17(26)23-8-6-19(7-9-23)14(11-21-16(25)22-19)13-5-4-12(20)10-15(13)24/h4-5,10,14,24H,6-9,11H2,1-3H3,(H2,21,22,25). The number of ether oxygens (including phenoxy) is 1. The van der Waals surface area contributed by atoms with Gasteiger partial charge in [-0.3, -0.25) is 0 Å². The van der Waals surface area contributed by atoms with Crippen LogP contribution in [0, 0.1) is 5.82 Å². The molecular formula is C19H26FN3O4. The number of likely N-dealkylation sites (tertiary alicyclic amines) is 1. The smallest absolute Gasteiger partial charge is 0.410 e. The Bertz CT molecular complexity index is 739. The second-order valence-electron chi connectivity index (χ2n) is 8.21. The number of urea groups is 1. The Balaban J connectivity index is 1.80. The zero-order chi connectivity index (χ0) is 19.8. The van der Waals surface area contributed by atoms with E-state index in [2.05, 4.69) is 10.6 Å². The lowest BCUT2D eigenvalue weighted by Gasteiger charge is -2.49. The van der Waals surface area contributed by atoms with E-state index in [1.54, 1.807) is 11.0 Å². The van der Waals surface area contributed by atoms with Crippen LogP contribution in [0.15, 0.2) is 18.2 Å². The second kappa shape index (κ2) is 6.90. The Morgan fingerprint density at radius 3 is 2.59 bits per heavy atom. The molecule has 2 aliphatic heterocycles. The first-order valence-electron chi connectivity index (χ1n) is 9.12. The zero-order valence-corrected chi connectivity index (χ0v) is 15.8. The van der Waals surface area contributed by atoms with Crippen LogP contribution >= 0.6 is 0 Å². The highest BCUT2D eigenvalue weighted by atomic mass is 19.1. The summed E-state index contributed by atoms with van der Waals surface area (Å²) in [7, 11) is 0. The van der Waals surface area contributed by atoms with Crippen molar-refractivity contribution in [1.82, 2.24) is 15.5 Å². The number of rotatable bonds is 1. The van der Waals surface area contributed by atoms with E-state index in [4.69, 9.17) is 4.74 Å². The Morgan fingerprint density at radius 1 is 1.33 bits per heavy atom. The number of carbonyl (C=O) groups excluding carboxylic acids is 2. The van der Waals surface area contributed by atoms with Crippen molar-refractivity contribution >= 4 is 12.1 Å². The van der Waals surface area contributed by atoms with Gasteiger partial charge in [-0.1, -0.05) is 6.07 Å². The van der Waals surface area contributed by atoms with Crippen molar-refractivity contribution in [3.05, 3.63) is 29.6 Å². The van der Waals surface area contributed by atoms with E-state index in [1.807, 2.05) is 20.8 Å². The molecule has 3 N–H and O–H groups in total. The van der Waals surface area contributed by atoms with E-state index >= 15 is 0 Å². The van der Waals surface area contributed by atoms with Crippen LogP contribution in [0.25, 0.3) is 0 Å². The summed E-state index contributed by atoms with van der Waals surface area (Å²) >= 11 is 0. The van der Waals surface area contributed by atoms with Crippen molar-refractivity contribution in [3.8, 4) is 5.75 Å². The number of piperidine rings is 1. The van der Waals surface area contributed by atoms with E-state index in [0.717, 1.165) is 6.07 Å². The number of hydrogen-bond donors (Lipinski definition) is 3. The molecule has 3 amide bonds. The van der Waals surface area contributed by atoms with Crippen molar-refractivity contribution in [3.63, 3.8) is 0 Å². The van der Waals surface area contributed by atoms with E-state index in [9.17, 15) is 19.1 Å². The summed E-state index contributed by atoms with van der Waals surface area (Å²) < 4.78 is 18.8. The molecule has 8 heteroatoms. The van der Waals surface area contributed by atoms with Crippen LogP contribution < -0.4 is 10.6 Å². The molecule has 0 bridgehead atoms. The van der Waals surface area contributed by atoms with Crippen LogP contribution in [-0.2, 0) is 4.74 Å². The normalized spacial score (nSPS) is 22.1. The molecule has 2 fully saturated rings. The quantitative estimate of drug-likeness (QED) is 0.700. The first kappa shape index (κ1) is 19.3. The molecule has 1 aromatic rings. The highest BCUT2D eigenvalue weighted by molar-refractivity contribution is 5.77. The number of nitrogens with zero attached hydrogens (tertiary/aromatic N) is 1. The number of phenols is 1. The Kier molecular flexibility index (Phi) is 4.92. The first-order chi connectivity index (χ1) is 12.6. The van der Waals surface area contributed by atoms with Crippen molar-refractivity contribution in [2.45, 2.75) is 50.7 Å². The Morgan fingerprint density at radius 2 is 2.00 bits per heavy atom. The van der Waals surface area contributed by atoms with Gasteiger partial charge in [-0.05, 0) is 39.7 Å². The summed E-state index contributed by atoms with van der Waals surface area (Å²) in [5.41, 5.74) is -0.608. The van der Waals surface area contributed by atoms with Gasteiger partial charge >= 0.3 is 12.1 Å². The fourth-order valence-electron chi connectivity index (χ4n) is 3.85. The molecule has 2 saturated heterocycles. The molecule has 7 nitrogen and oxygen atoms in total. The summed E-state index contributed by atoms with van der Waals surface area (Å²) in [6.45, 7) is 6.63. The van der Waals surface area contributed by atoms with Gasteiger partial charge in [-0.25, -0.2) is 14.0 Å². The van der Waals surface area contributed by atoms with E-state index < -0.39 is 17.0 Å². The molecule has 1 atom stereocenters. The van der Waals surface area contributed by atoms with Crippen LogP contribution in [-0.4, -0.2) is 52.9 Å². The van der Waals surface area contributed by atoms with Crippen LogP contribution in [0.2, 0.25) is 0 Å². The van der Waals surface area contributed by atoms with Gasteiger partial charge < -0.3 is 25.4 Å². The van der Waals surface area contributed by atoms with Gasteiger partial charge in [0.1, 0.15) is 17.2 Å². The number of benzene rings is 1. The summed E-state index contributed by atoms with van der Waals surface area (Å²) in [4.78, 5) is 26.0. The van der Waals surface area contributed by atoms with Gasteiger partial charge in [0.2, 0.25) is 0 Å². The molecule has 0 aromatic heterocycles. The minimum absolute atomic E-state index is 0.133. The van der Waals surface area contributed by atoms with Crippen molar-refractivity contribution in [1.29, 1.82) is 0 Å². The van der Waals surface area contributed by atoms with Gasteiger partial charge in [-0.15, -0.1) is 0 Å². The number of hydrogen-bond acceptors (Lipinski definition) is 4. The van der Waals surface area contributed by atoms with Crippen LogP contribution in [0.3, 0.4) is 0 Å². The van der Waals surface area contributed by atoms with Crippen molar-refractivity contribution in [2.75, 3.05) is 19.6 Å². The third-order valence-corrected chi connectivity index (χ3v) is 5.17. The van der Waals surface area contributed by atoms with Crippen molar-refractivity contribution in [2.24, 2.45) is 0 Å². The van der Waals surface area contributed by atoms with E-state index in [0.29, 0.717) is 38.0 Å². The van der Waals surface area contributed by atoms with E-state index in [1.165, 1.54) is 6.07 Å². The topological polar surface area (TPSA) is 90.9 Å². The highest BCUT2D eigenvalue weighted by Crippen LogP contribution is 2.41. The molecule has 27 heavy (non-hydrogen) atoms. The fraction of sp³-hybridized carbons (Fsp3) is 0.579. The predicted molar refractivity (Wildman–Crippen MR) is 97.1 cm³/mol. The number of halogens is 1. The molecule has 2 heterocycles. The summed E-state index contributed by atoms with van der Waals surface area (Å²) in [6, 6.07) is 3.65. The van der Waals surface area contributed by atoms with Gasteiger partial charge in [0.25, 0.3) is 0 Å². The number of nitrogens with one attached hydrogen (secondary N) is 2. The molecule has 0 radical (unpaired) electrons. The Hall–Kier alpha value is -2.51. The van der Waals surface area contributed by atoms with E-state index in [-0.39, 0.29) is 23.8 Å². The first-order valence-corrected chi connectivity index (χ1v) is 9.12. The number of amides is 3. The molecular weight excluding hydrogens is 353 g/mol. The summed E-state index contributed by atoms with van der Waals surface area (Å²) in [6.07, 6.45) is 0.654. The highest BCUT2D eigenvalue weighted by Gasteiger charge is 2.47. The zero-order valence-electron chi connectivity index (χ0n) is 15.8.